The summed E-state index contributed by atoms with van der Waals surface area (Å²) in [5.74, 6) is 0.704. The van der Waals surface area contributed by atoms with Gasteiger partial charge in [-0.25, -0.2) is 8.42 Å². The van der Waals surface area contributed by atoms with Crippen LogP contribution in [0.25, 0.3) is 0 Å². The van der Waals surface area contributed by atoms with Gasteiger partial charge >= 0.3 is 0 Å². The normalized spacial score (nSPS) is 19.4. The van der Waals surface area contributed by atoms with E-state index in [9.17, 15) is 8.42 Å². The Kier molecular flexibility index (Phi) is 4.06. The molecule has 0 radical (unpaired) electrons. The maximum Gasteiger partial charge on any atom is 0.243 e. The first-order valence-corrected chi connectivity index (χ1v) is 9.28. The Morgan fingerprint density at radius 1 is 1.22 bits per heavy atom. The number of hydrogen-bond acceptors (Lipinski definition) is 4. The second kappa shape index (κ2) is 5.76. The van der Waals surface area contributed by atoms with Gasteiger partial charge < -0.3 is 4.52 Å². The minimum Gasteiger partial charge on any atom is -0.361 e. The summed E-state index contributed by atoms with van der Waals surface area (Å²) in [4.78, 5) is 0.399. The highest BCUT2D eigenvalue weighted by molar-refractivity contribution is 7.89. The topological polar surface area (TPSA) is 63.4 Å². The molecule has 1 saturated heterocycles. The van der Waals surface area contributed by atoms with Gasteiger partial charge in [-0.3, -0.25) is 0 Å². The Morgan fingerprint density at radius 3 is 2.61 bits per heavy atom. The van der Waals surface area contributed by atoms with Crippen molar-refractivity contribution in [1.29, 1.82) is 0 Å². The molecule has 3 rings (SSSR count). The Balaban J connectivity index is 2.07. The highest BCUT2D eigenvalue weighted by atomic mass is 32.2. The molecule has 0 unspecified atom stereocenters. The number of aryl methyl sites for hydroxylation is 4. The first kappa shape index (κ1) is 16.2. The zero-order valence-corrected chi connectivity index (χ0v) is 14.8. The summed E-state index contributed by atoms with van der Waals surface area (Å²) < 4.78 is 33.3. The van der Waals surface area contributed by atoms with E-state index in [-0.39, 0.29) is 6.04 Å². The molecular weight excluding hydrogens is 312 g/mol. The fourth-order valence-corrected chi connectivity index (χ4v) is 5.37. The fourth-order valence-electron chi connectivity index (χ4n) is 3.39. The highest BCUT2D eigenvalue weighted by Gasteiger charge is 2.39. The molecule has 0 bridgehead atoms. The second-order valence-electron chi connectivity index (χ2n) is 6.28. The molecule has 2 heterocycles. The van der Waals surface area contributed by atoms with Crippen LogP contribution in [-0.2, 0) is 10.0 Å². The van der Waals surface area contributed by atoms with Crippen molar-refractivity contribution in [3.05, 3.63) is 46.3 Å². The van der Waals surface area contributed by atoms with E-state index < -0.39 is 10.0 Å². The molecule has 1 aliphatic heterocycles. The summed E-state index contributed by atoms with van der Waals surface area (Å²) in [5.41, 5.74) is 3.41. The van der Waals surface area contributed by atoms with Crippen molar-refractivity contribution >= 4 is 10.0 Å². The summed E-state index contributed by atoms with van der Waals surface area (Å²) >= 11 is 0. The Morgan fingerprint density at radius 2 is 1.96 bits per heavy atom. The number of rotatable bonds is 3. The van der Waals surface area contributed by atoms with E-state index in [0.717, 1.165) is 35.2 Å². The molecule has 1 aromatic heterocycles. The summed E-state index contributed by atoms with van der Waals surface area (Å²) in [5, 5.41) is 3.99. The van der Waals surface area contributed by atoms with Gasteiger partial charge in [-0.2, -0.15) is 4.31 Å². The van der Waals surface area contributed by atoms with Crippen LogP contribution in [0, 0.1) is 27.7 Å². The lowest BCUT2D eigenvalue weighted by molar-refractivity contribution is 0.376. The number of aromatic nitrogens is 1. The van der Waals surface area contributed by atoms with E-state index in [1.54, 1.807) is 10.4 Å². The van der Waals surface area contributed by atoms with E-state index >= 15 is 0 Å². The summed E-state index contributed by atoms with van der Waals surface area (Å²) in [6.07, 6.45) is 1.64. The summed E-state index contributed by atoms with van der Waals surface area (Å²) in [7, 11) is -3.54. The molecule has 0 N–H and O–H groups in total. The highest BCUT2D eigenvalue weighted by Crippen LogP contribution is 2.39. The van der Waals surface area contributed by atoms with Gasteiger partial charge in [0.15, 0.2) is 0 Å². The third-order valence-electron chi connectivity index (χ3n) is 4.56. The predicted octanol–water partition coefficient (Wildman–Crippen LogP) is 3.43. The quantitative estimate of drug-likeness (QED) is 0.862. The molecule has 1 aliphatic rings. The predicted molar refractivity (Wildman–Crippen MR) is 87.8 cm³/mol. The van der Waals surface area contributed by atoms with Crippen molar-refractivity contribution in [3.63, 3.8) is 0 Å². The van der Waals surface area contributed by atoms with E-state index in [2.05, 4.69) is 5.16 Å². The van der Waals surface area contributed by atoms with Crippen LogP contribution in [0.5, 0.6) is 0 Å². The van der Waals surface area contributed by atoms with E-state index in [1.807, 2.05) is 39.8 Å². The maximum atomic E-state index is 13.2. The van der Waals surface area contributed by atoms with Gasteiger partial charge in [0.1, 0.15) is 5.76 Å². The van der Waals surface area contributed by atoms with Crippen molar-refractivity contribution in [2.75, 3.05) is 6.54 Å². The molecular formula is C17H22N2O3S. The monoisotopic (exact) mass is 334 g/mol. The van der Waals surface area contributed by atoms with Crippen LogP contribution in [0.15, 0.2) is 27.6 Å². The number of benzene rings is 1. The van der Waals surface area contributed by atoms with Gasteiger partial charge in [0.25, 0.3) is 0 Å². The minimum atomic E-state index is -3.54. The minimum absolute atomic E-state index is 0.189. The molecule has 124 valence electrons. The molecule has 1 aromatic carbocycles. The van der Waals surface area contributed by atoms with Crippen LogP contribution in [0.4, 0.5) is 0 Å². The average molecular weight is 334 g/mol. The lowest BCUT2D eigenvalue weighted by atomic mass is 10.0. The Labute approximate surface area is 137 Å². The van der Waals surface area contributed by atoms with Crippen molar-refractivity contribution in [3.8, 4) is 0 Å². The summed E-state index contributed by atoms with van der Waals surface area (Å²) in [6.45, 7) is 8.00. The third kappa shape index (κ3) is 2.70. The average Bonchev–Trinajstić information content (AvgIpc) is 3.08. The van der Waals surface area contributed by atoms with E-state index in [1.165, 1.54) is 0 Å². The molecule has 5 nitrogen and oxygen atoms in total. The Hall–Kier alpha value is -1.66. The van der Waals surface area contributed by atoms with Crippen molar-refractivity contribution in [2.24, 2.45) is 0 Å². The van der Waals surface area contributed by atoms with Gasteiger partial charge in [-0.1, -0.05) is 17.3 Å². The zero-order valence-electron chi connectivity index (χ0n) is 14.0. The van der Waals surface area contributed by atoms with Crippen LogP contribution in [0.2, 0.25) is 0 Å². The van der Waals surface area contributed by atoms with Crippen molar-refractivity contribution in [2.45, 2.75) is 51.5 Å². The molecule has 23 heavy (non-hydrogen) atoms. The number of nitrogens with zero attached hydrogens (tertiary/aromatic N) is 2. The van der Waals surface area contributed by atoms with Crippen LogP contribution >= 0.6 is 0 Å². The molecule has 0 amide bonds. The van der Waals surface area contributed by atoms with Crippen molar-refractivity contribution in [1.82, 2.24) is 9.46 Å². The molecule has 2 aromatic rings. The lowest BCUT2D eigenvalue weighted by Crippen LogP contribution is -2.31. The van der Waals surface area contributed by atoms with Crippen LogP contribution in [-0.4, -0.2) is 24.4 Å². The molecule has 0 aliphatic carbocycles. The maximum absolute atomic E-state index is 13.2. The van der Waals surface area contributed by atoms with Gasteiger partial charge in [0.05, 0.1) is 16.6 Å². The standard InChI is InChI=1S/C17H22N2O3S/c1-11-7-8-12(2)16(10-11)23(20,21)19-9-5-6-15(19)17-13(3)18-22-14(17)4/h7-8,10,15H,5-6,9H2,1-4H3/t15-/m0/s1. The van der Waals surface area contributed by atoms with Crippen LogP contribution < -0.4 is 0 Å². The van der Waals surface area contributed by atoms with Gasteiger partial charge in [-0.05, 0) is 57.7 Å². The number of hydrogen-bond donors (Lipinski definition) is 0. The van der Waals surface area contributed by atoms with Gasteiger partial charge in [0, 0.05) is 12.1 Å². The largest absolute Gasteiger partial charge is 0.361 e. The smallest absolute Gasteiger partial charge is 0.243 e. The number of sulfonamides is 1. The lowest BCUT2D eigenvalue weighted by Gasteiger charge is -2.25. The molecule has 6 heteroatoms. The Bertz CT molecular complexity index is 820. The molecule has 0 saturated carbocycles. The second-order valence-corrected chi connectivity index (χ2v) is 8.14. The van der Waals surface area contributed by atoms with Gasteiger partial charge in [0.2, 0.25) is 10.0 Å². The first-order valence-electron chi connectivity index (χ1n) is 7.84. The van der Waals surface area contributed by atoms with E-state index in [0.29, 0.717) is 17.2 Å². The fraction of sp³-hybridized carbons (Fsp3) is 0.471. The SMILES string of the molecule is Cc1ccc(C)c(S(=O)(=O)N2CCC[C@H]2c2c(C)noc2C)c1. The molecule has 1 atom stereocenters. The third-order valence-corrected chi connectivity index (χ3v) is 6.61. The van der Waals surface area contributed by atoms with Gasteiger partial charge in [-0.15, -0.1) is 0 Å². The molecule has 0 spiro atoms. The molecule has 1 fully saturated rings. The van der Waals surface area contributed by atoms with E-state index in [4.69, 9.17) is 4.52 Å². The first-order chi connectivity index (χ1) is 10.8. The van der Waals surface area contributed by atoms with Crippen molar-refractivity contribution < 1.29 is 12.9 Å². The van der Waals surface area contributed by atoms with Crippen LogP contribution in [0.1, 0.15) is 47.0 Å². The summed E-state index contributed by atoms with van der Waals surface area (Å²) in [6, 6.07) is 5.37. The van der Waals surface area contributed by atoms with Crippen LogP contribution in [0.3, 0.4) is 0 Å². The zero-order chi connectivity index (χ0) is 16.8.